The molecule has 0 atom stereocenters. The molecular formula is C11H19N3O5S. The molecule has 0 spiro atoms. The molecule has 0 radical (unpaired) electrons. The van der Waals surface area contributed by atoms with Gasteiger partial charge in [0.25, 0.3) is 10.0 Å². The lowest BCUT2D eigenvalue weighted by Crippen LogP contribution is -2.47. The van der Waals surface area contributed by atoms with Crippen LogP contribution >= 0.6 is 0 Å². The van der Waals surface area contributed by atoms with E-state index in [9.17, 15) is 18.3 Å². The average Bonchev–Trinajstić information content (AvgIpc) is 2.88. The summed E-state index contributed by atoms with van der Waals surface area (Å²) in [5.41, 5.74) is -1.18. The zero-order valence-electron chi connectivity index (χ0n) is 11.9. The van der Waals surface area contributed by atoms with Gasteiger partial charge in [-0.3, -0.25) is 5.10 Å². The number of nitrogens with zero attached hydrogens (tertiary/aromatic N) is 2. The lowest BCUT2D eigenvalue weighted by Gasteiger charge is -2.32. The second-order valence-electron chi connectivity index (χ2n) is 4.78. The Labute approximate surface area is 117 Å². The molecule has 114 valence electrons. The van der Waals surface area contributed by atoms with Crippen LogP contribution in [0.25, 0.3) is 0 Å². The molecule has 2 N–H and O–H groups in total. The number of rotatable bonds is 6. The average molecular weight is 305 g/mol. The molecule has 0 unspecified atom stereocenters. The number of H-pyrrole nitrogens is 1. The molecule has 0 aromatic carbocycles. The number of hydrogen-bond donors (Lipinski definition) is 2. The van der Waals surface area contributed by atoms with Crippen LogP contribution in [0.2, 0.25) is 0 Å². The van der Waals surface area contributed by atoms with Gasteiger partial charge in [-0.25, -0.2) is 13.2 Å². The molecule has 0 fully saturated rings. The number of aromatic nitrogens is 2. The van der Waals surface area contributed by atoms with Gasteiger partial charge in [0.15, 0.2) is 5.03 Å². The van der Waals surface area contributed by atoms with Gasteiger partial charge in [0.05, 0.1) is 24.9 Å². The van der Waals surface area contributed by atoms with Crippen molar-refractivity contribution in [1.29, 1.82) is 0 Å². The Hall–Kier alpha value is -1.45. The fraction of sp³-hybridized carbons (Fsp3) is 0.636. The van der Waals surface area contributed by atoms with Crippen LogP contribution in [0, 0.1) is 0 Å². The van der Waals surface area contributed by atoms with Crippen LogP contribution in [0.15, 0.2) is 11.2 Å². The standard InChI is InChI=1S/C11H19N3O5S/c1-5-19-10(16)8-6-12-13-9(8)20(17,18)14(4)11(2,3)7-15/h6,15H,5,7H2,1-4H3,(H,12,13). The first-order chi connectivity index (χ1) is 9.18. The number of likely N-dealkylation sites (N-methyl/N-ethyl adjacent to an activating group) is 1. The number of carbonyl (C=O) groups is 1. The minimum atomic E-state index is -4.00. The van der Waals surface area contributed by atoms with Crippen LogP contribution in [-0.4, -0.2) is 59.8 Å². The van der Waals surface area contributed by atoms with Gasteiger partial charge in [-0.2, -0.15) is 9.40 Å². The van der Waals surface area contributed by atoms with Gasteiger partial charge in [0, 0.05) is 7.05 Å². The van der Waals surface area contributed by atoms with Crippen molar-refractivity contribution < 1.29 is 23.1 Å². The van der Waals surface area contributed by atoms with Crippen molar-refractivity contribution in [3.63, 3.8) is 0 Å². The Balaban J connectivity index is 3.24. The Kier molecular flexibility index (Phi) is 4.90. The summed E-state index contributed by atoms with van der Waals surface area (Å²) in [5.74, 6) is -0.768. The summed E-state index contributed by atoms with van der Waals surface area (Å²) >= 11 is 0. The fourth-order valence-electron chi connectivity index (χ4n) is 1.39. The molecule has 0 saturated heterocycles. The van der Waals surface area contributed by atoms with Crippen molar-refractivity contribution in [2.75, 3.05) is 20.3 Å². The Morgan fingerprint density at radius 2 is 2.15 bits per heavy atom. The molecule has 0 aliphatic heterocycles. The number of carbonyl (C=O) groups excluding carboxylic acids is 1. The van der Waals surface area contributed by atoms with Crippen LogP contribution in [0.3, 0.4) is 0 Å². The highest BCUT2D eigenvalue weighted by Crippen LogP contribution is 2.23. The summed E-state index contributed by atoms with van der Waals surface area (Å²) in [6.45, 7) is 4.50. The van der Waals surface area contributed by atoms with E-state index in [2.05, 4.69) is 10.2 Å². The minimum absolute atomic E-state index is 0.126. The summed E-state index contributed by atoms with van der Waals surface area (Å²) in [6.07, 6.45) is 1.10. The fourth-order valence-corrected chi connectivity index (χ4v) is 2.95. The van der Waals surface area contributed by atoms with Crippen LogP contribution in [0.5, 0.6) is 0 Å². The van der Waals surface area contributed by atoms with Crippen molar-refractivity contribution in [2.45, 2.75) is 31.3 Å². The molecule has 0 bridgehead atoms. The zero-order valence-corrected chi connectivity index (χ0v) is 12.7. The first-order valence-corrected chi connectivity index (χ1v) is 7.43. The number of aromatic amines is 1. The predicted octanol–water partition coefficient (Wildman–Crippen LogP) is -0.0222. The molecule has 9 heteroatoms. The number of ether oxygens (including phenoxy) is 1. The van der Waals surface area contributed by atoms with Crippen LogP contribution in [0.1, 0.15) is 31.1 Å². The summed E-state index contributed by atoms with van der Waals surface area (Å²) in [5, 5.41) is 14.8. The molecule has 1 heterocycles. The topological polar surface area (TPSA) is 113 Å². The van der Waals surface area contributed by atoms with Crippen molar-refractivity contribution in [3.05, 3.63) is 11.8 Å². The monoisotopic (exact) mass is 305 g/mol. The third-order valence-electron chi connectivity index (χ3n) is 2.96. The third kappa shape index (κ3) is 3.00. The number of sulfonamides is 1. The lowest BCUT2D eigenvalue weighted by molar-refractivity contribution is 0.0521. The van der Waals surface area contributed by atoms with Gasteiger partial charge in [-0.1, -0.05) is 0 Å². The van der Waals surface area contributed by atoms with Gasteiger partial charge in [-0.15, -0.1) is 0 Å². The summed E-state index contributed by atoms with van der Waals surface area (Å²) in [7, 11) is -2.68. The largest absolute Gasteiger partial charge is 0.462 e. The number of aliphatic hydroxyl groups excluding tert-OH is 1. The second-order valence-corrected chi connectivity index (χ2v) is 6.68. The minimum Gasteiger partial charge on any atom is -0.462 e. The SMILES string of the molecule is CCOC(=O)c1cn[nH]c1S(=O)(=O)N(C)C(C)(C)CO. The van der Waals surface area contributed by atoms with E-state index in [4.69, 9.17) is 4.74 Å². The maximum atomic E-state index is 12.5. The normalized spacial score (nSPS) is 12.7. The molecule has 0 saturated carbocycles. The van der Waals surface area contributed by atoms with Crippen molar-refractivity contribution in [2.24, 2.45) is 0 Å². The Morgan fingerprint density at radius 1 is 1.55 bits per heavy atom. The molecule has 1 rings (SSSR count). The number of hydrogen-bond acceptors (Lipinski definition) is 6. The van der Waals surface area contributed by atoms with E-state index in [-0.39, 0.29) is 23.8 Å². The van der Waals surface area contributed by atoms with Gasteiger partial charge in [-0.05, 0) is 20.8 Å². The first-order valence-electron chi connectivity index (χ1n) is 5.99. The molecule has 0 aliphatic carbocycles. The molecule has 0 amide bonds. The molecule has 20 heavy (non-hydrogen) atoms. The van der Waals surface area contributed by atoms with E-state index in [0.717, 1.165) is 10.5 Å². The van der Waals surface area contributed by atoms with Crippen molar-refractivity contribution >= 4 is 16.0 Å². The molecule has 1 aromatic heterocycles. The maximum Gasteiger partial charge on any atom is 0.342 e. The smallest absolute Gasteiger partial charge is 0.342 e. The van der Waals surface area contributed by atoms with Gasteiger partial charge >= 0.3 is 5.97 Å². The van der Waals surface area contributed by atoms with Gasteiger partial charge < -0.3 is 9.84 Å². The molecule has 8 nitrogen and oxygen atoms in total. The molecule has 1 aromatic rings. The van der Waals surface area contributed by atoms with E-state index in [1.165, 1.54) is 7.05 Å². The predicted molar refractivity (Wildman–Crippen MR) is 70.7 cm³/mol. The summed E-state index contributed by atoms with van der Waals surface area (Å²) < 4.78 is 30.7. The maximum absolute atomic E-state index is 12.5. The van der Waals surface area contributed by atoms with Crippen molar-refractivity contribution in [3.8, 4) is 0 Å². The summed E-state index contributed by atoms with van der Waals surface area (Å²) in [4.78, 5) is 11.7. The quantitative estimate of drug-likeness (QED) is 0.714. The highest BCUT2D eigenvalue weighted by molar-refractivity contribution is 7.89. The van der Waals surface area contributed by atoms with Crippen LogP contribution in [-0.2, 0) is 14.8 Å². The number of aliphatic hydroxyl groups is 1. The van der Waals surface area contributed by atoms with Crippen LogP contribution in [0.4, 0.5) is 0 Å². The molecular weight excluding hydrogens is 286 g/mol. The van der Waals surface area contributed by atoms with E-state index in [0.29, 0.717) is 0 Å². The molecule has 0 aliphatic rings. The lowest BCUT2D eigenvalue weighted by atomic mass is 10.1. The van der Waals surface area contributed by atoms with E-state index in [1.54, 1.807) is 20.8 Å². The first kappa shape index (κ1) is 16.6. The highest BCUT2D eigenvalue weighted by atomic mass is 32.2. The second kappa shape index (κ2) is 5.90. The van der Waals surface area contributed by atoms with E-state index >= 15 is 0 Å². The number of esters is 1. The number of nitrogens with one attached hydrogen (secondary N) is 1. The third-order valence-corrected chi connectivity index (χ3v) is 5.00. The van der Waals surface area contributed by atoms with Gasteiger partial charge in [0.2, 0.25) is 0 Å². The van der Waals surface area contributed by atoms with Gasteiger partial charge in [0.1, 0.15) is 5.56 Å². The Morgan fingerprint density at radius 3 is 2.65 bits per heavy atom. The van der Waals surface area contributed by atoms with Crippen molar-refractivity contribution in [1.82, 2.24) is 14.5 Å². The Bertz CT molecular complexity index is 579. The van der Waals surface area contributed by atoms with Crippen LogP contribution < -0.4 is 0 Å². The van der Waals surface area contributed by atoms with E-state index < -0.39 is 21.5 Å². The summed E-state index contributed by atoms with van der Waals surface area (Å²) in [6, 6.07) is 0. The van der Waals surface area contributed by atoms with E-state index in [1.807, 2.05) is 0 Å². The zero-order chi connectivity index (χ0) is 15.6. The highest BCUT2D eigenvalue weighted by Gasteiger charge is 2.37.